The molecule has 0 bridgehead atoms. The van der Waals surface area contributed by atoms with Gasteiger partial charge in [-0.1, -0.05) is 49.6 Å². The highest BCUT2D eigenvalue weighted by molar-refractivity contribution is 5.85. The molecule has 1 aliphatic rings. The number of hydrogen-bond donors (Lipinski definition) is 3. The minimum absolute atomic E-state index is 0.0251. The van der Waals surface area contributed by atoms with E-state index >= 15 is 0 Å². The number of aliphatic carboxylic acids is 1. The number of nitrogens with two attached hydrogens (primary N) is 1. The predicted molar refractivity (Wildman–Crippen MR) is 120 cm³/mol. The van der Waals surface area contributed by atoms with Crippen LogP contribution >= 0.6 is 0 Å². The van der Waals surface area contributed by atoms with Gasteiger partial charge in [0.05, 0.1) is 12.3 Å². The third-order valence-corrected chi connectivity index (χ3v) is 5.95. The van der Waals surface area contributed by atoms with Crippen molar-refractivity contribution in [3.63, 3.8) is 0 Å². The Morgan fingerprint density at radius 1 is 1.06 bits per heavy atom. The Labute approximate surface area is 185 Å². The van der Waals surface area contributed by atoms with E-state index in [1.54, 1.807) is 4.90 Å². The van der Waals surface area contributed by atoms with Gasteiger partial charge in [-0.05, 0) is 37.8 Å². The van der Waals surface area contributed by atoms with E-state index in [0.29, 0.717) is 32.6 Å². The average Bonchev–Trinajstić information content (AvgIpc) is 3.04. The van der Waals surface area contributed by atoms with Crippen LogP contribution < -0.4 is 11.1 Å². The van der Waals surface area contributed by atoms with Crippen LogP contribution in [-0.2, 0) is 20.8 Å². The zero-order valence-electron chi connectivity index (χ0n) is 18.4. The maximum Gasteiger partial charge on any atom is 0.304 e. The van der Waals surface area contributed by atoms with Gasteiger partial charge in [0.2, 0.25) is 11.8 Å². The normalized spacial score (nSPS) is 18.4. The first-order valence-corrected chi connectivity index (χ1v) is 11.5. The lowest BCUT2D eigenvalue weighted by Gasteiger charge is -2.17. The summed E-state index contributed by atoms with van der Waals surface area (Å²) in [7, 11) is 0. The summed E-state index contributed by atoms with van der Waals surface area (Å²) in [6.45, 7) is 2.17. The molecule has 7 heteroatoms. The zero-order valence-corrected chi connectivity index (χ0v) is 18.4. The molecule has 0 spiro atoms. The molecule has 1 heterocycles. The van der Waals surface area contributed by atoms with Crippen molar-refractivity contribution < 1.29 is 19.5 Å². The number of benzene rings is 1. The van der Waals surface area contributed by atoms with Gasteiger partial charge in [0.1, 0.15) is 0 Å². The summed E-state index contributed by atoms with van der Waals surface area (Å²) in [5.74, 6) is -1.82. The van der Waals surface area contributed by atoms with Gasteiger partial charge in [0, 0.05) is 32.0 Å². The molecule has 172 valence electrons. The number of carboxylic acid groups (broad SMARTS) is 1. The van der Waals surface area contributed by atoms with Crippen molar-refractivity contribution in [1.82, 2.24) is 10.2 Å². The molecule has 0 saturated carbocycles. The zero-order chi connectivity index (χ0) is 22.5. The lowest BCUT2D eigenvalue weighted by atomic mass is 9.92. The molecule has 1 aromatic rings. The number of aryl methyl sites for hydroxylation is 1. The first kappa shape index (κ1) is 24.9. The molecular formula is C24H37N3O4. The van der Waals surface area contributed by atoms with E-state index < -0.39 is 11.9 Å². The Hall–Kier alpha value is -2.41. The van der Waals surface area contributed by atoms with E-state index in [9.17, 15) is 19.5 Å². The summed E-state index contributed by atoms with van der Waals surface area (Å²) in [6, 6.07) is 10.1. The molecule has 2 rings (SSSR count). The van der Waals surface area contributed by atoms with Gasteiger partial charge in [-0.25, -0.2) is 0 Å². The first-order valence-electron chi connectivity index (χ1n) is 11.5. The monoisotopic (exact) mass is 431 g/mol. The van der Waals surface area contributed by atoms with Crippen LogP contribution in [0.1, 0.15) is 56.9 Å². The predicted octanol–water partition coefficient (Wildman–Crippen LogP) is 2.58. The Kier molecular flexibility index (Phi) is 11.1. The number of rotatable bonds is 15. The molecule has 7 nitrogen and oxygen atoms in total. The Bertz CT molecular complexity index is 695. The number of hydrogen-bond acceptors (Lipinski definition) is 4. The van der Waals surface area contributed by atoms with Gasteiger partial charge in [-0.3, -0.25) is 14.4 Å². The molecule has 2 atom stereocenters. The molecule has 0 aromatic heterocycles. The number of unbranched alkanes of at least 4 members (excludes halogenated alkanes) is 4. The highest BCUT2D eigenvalue weighted by Crippen LogP contribution is 2.28. The number of nitrogens with one attached hydrogen (secondary N) is 1. The van der Waals surface area contributed by atoms with Crippen LogP contribution in [0.25, 0.3) is 0 Å². The van der Waals surface area contributed by atoms with Crippen molar-refractivity contribution in [1.29, 1.82) is 0 Å². The Morgan fingerprint density at radius 3 is 2.48 bits per heavy atom. The number of nitrogens with zero attached hydrogens (tertiary/aromatic N) is 1. The van der Waals surface area contributed by atoms with E-state index in [-0.39, 0.29) is 24.2 Å². The van der Waals surface area contributed by atoms with Crippen LogP contribution in [0.2, 0.25) is 0 Å². The summed E-state index contributed by atoms with van der Waals surface area (Å²) in [5.41, 5.74) is 6.70. The van der Waals surface area contributed by atoms with Crippen molar-refractivity contribution in [2.45, 2.75) is 57.8 Å². The molecule has 1 aromatic carbocycles. The summed E-state index contributed by atoms with van der Waals surface area (Å²) in [5, 5.41) is 12.2. The summed E-state index contributed by atoms with van der Waals surface area (Å²) >= 11 is 0. The van der Waals surface area contributed by atoms with E-state index in [1.165, 1.54) is 5.56 Å². The van der Waals surface area contributed by atoms with Crippen molar-refractivity contribution in [3.05, 3.63) is 35.9 Å². The molecule has 1 aliphatic heterocycles. The second-order valence-corrected chi connectivity index (χ2v) is 8.45. The van der Waals surface area contributed by atoms with E-state index in [4.69, 9.17) is 5.73 Å². The van der Waals surface area contributed by atoms with Crippen LogP contribution in [0.5, 0.6) is 0 Å². The van der Waals surface area contributed by atoms with Gasteiger partial charge in [0.15, 0.2) is 0 Å². The van der Waals surface area contributed by atoms with E-state index in [1.807, 2.05) is 18.2 Å². The van der Waals surface area contributed by atoms with Crippen molar-refractivity contribution in [2.75, 3.05) is 26.2 Å². The summed E-state index contributed by atoms with van der Waals surface area (Å²) < 4.78 is 0. The van der Waals surface area contributed by atoms with Crippen molar-refractivity contribution in [2.24, 2.45) is 17.6 Å². The van der Waals surface area contributed by atoms with Crippen molar-refractivity contribution >= 4 is 17.8 Å². The highest BCUT2D eigenvalue weighted by atomic mass is 16.4. The van der Waals surface area contributed by atoms with Crippen LogP contribution in [0.3, 0.4) is 0 Å². The van der Waals surface area contributed by atoms with E-state index in [2.05, 4.69) is 17.4 Å². The number of carboxylic acids is 1. The number of likely N-dealkylation sites (tertiary alicyclic amines) is 1. The largest absolute Gasteiger partial charge is 0.481 e. The fourth-order valence-corrected chi connectivity index (χ4v) is 4.20. The molecule has 0 unspecified atom stereocenters. The van der Waals surface area contributed by atoms with Crippen LogP contribution in [0.4, 0.5) is 0 Å². The van der Waals surface area contributed by atoms with Crippen molar-refractivity contribution in [3.8, 4) is 0 Å². The number of amides is 2. The molecule has 0 aliphatic carbocycles. The summed E-state index contributed by atoms with van der Waals surface area (Å²) in [4.78, 5) is 38.0. The van der Waals surface area contributed by atoms with E-state index in [0.717, 1.165) is 44.9 Å². The minimum atomic E-state index is -0.974. The first-order chi connectivity index (χ1) is 15.0. The molecule has 2 amide bonds. The van der Waals surface area contributed by atoms with Gasteiger partial charge in [-0.15, -0.1) is 0 Å². The second kappa shape index (κ2) is 13.8. The molecule has 31 heavy (non-hydrogen) atoms. The fraction of sp³-hybridized carbons (Fsp3) is 0.625. The quantitative estimate of drug-likeness (QED) is 0.370. The van der Waals surface area contributed by atoms with Gasteiger partial charge < -0.3 is 21.1 Å². The fourth-order valence-electron chi connectivity index (χ4n) is 4.20. The summed E-state index contributed by atoms with van der Waals surface area (Å²) in [6.07, 6.45) is 7.04. The van der Waals surface area contributed by atoms with Crippen LogP contribution in [0.15, 0.2) is 30.3 Å². The Balaban J connectivity index is 1.76. The highest BCUT2D eigenvalue weighted by Gasteiger charge is 2.41. The third-order valence-electron chi connectivity index (χ3n) is 5.95. The topological polar surface area (TPSA) is 113 Å². The number of carbonyl (C=O) groups is 3. The minimum Gasteiger partial charge on any atom is -0.481 e. The molecule has 1 fully saturated rings. The van der Waals surface area contributed by atoms with Gasteiger partial charge >= 0.3 is 5.97 Å². The molecular weight excluding hydrogens is 394 g/mol. The lowest BCUT2D eigenvalue weighted by Crippen LogP contribution is -2.33. The maximum absolute atomic E-state index is 12.8. The second-order valence-electron chi connectivity index (χ2n) is 8.45. The third kappa shape index (κ3) is 9.09. The smallest absolute Gasteiger partial charge is 0.304 e. The molecule has 1 saturated heterocycles. The molecule has 4 N–H and O–H groups in total. The average molecular weight is 432 g/mol. The van der Waals surface area contributed by atoms with Crippen LogP contribution in [-0.4, -0.2) is 54.0 Å². The maximum atomic E-state index is 12.8. The number of carbonyl (C=O) groups excluding carboxylic acids is 2. The van der Waals surface area contributed by atoms with Gasteiger partial charge in [-0.2, -0.15) is 0 Å². The van der Waals surface area contributed by atoms with Gasteiger partial charge in [0.25, 0.3) is 0 Å². The molecule has 0 radical (unpaired) electrons. The Morgan fingerprint density at radius 2 is 1.77 bits per heavy atom. The SMILES string of the molecule is NCCCCCCCC(=O)NC[C@@H]1CN(CCCc2ccccc2)C(=O)[C@H]1CC(=O)O. The lowest BCUT2D eigenvalue weighted by molar-refractivity contribution is -0.142. The standard InChI is InChI=1S/C24H37N3O4/c25-14-8-3-1-2-7-13-22(28)26-17-20-18-27(24(31)21(20)16-23(29)30)15-9-12-19-10-5-4-6-11-19/h4-6,10-11,20-21H,1-3,7-9,12-18,25H2,(H,26,28)(H,29,30)/t20-,21+/m1/s1. The van der Waals surface area contributed by atoms with Crippen LogP contribution in [0, 0.1) is 11.8 Å².